The molecule has 1 aliphatic carbocycles. The molecule has 0 aliphatic heterocycles. The van der Waals surface area contributed by atoms with Gasteiger partial charge < -0.3 is 15.2 Å². The smallest absolute Gasteiger partial charge is 0.416 e. The third kappa shape index (κ3) is 5.79. The van der Waals surface area contributed by atoms with Gasteiger partial charge in [0.25, 0.3) is 0 Å². The lowest BCUT2D eigenvalue weighted by molar-refractivity contribution is -0.140. The van der Waals surface area contributed by atoms with E-state index < -0.39 is 23.5 Å². The van der Waals surface area contributed by atoms with Gasteiger partial charge in [0.15, 0.2) is 11.6 Å². The maximum Gasteiger partial charge on any atom is 0.416 e. The molecule has 3 rings (SSSR count). The Morgan fingerprint density at radius 3 is 2.62 bits per heavy atom. The van der Waals surface area contributed by atoms with Gasteiger partial charge in [-0.25, -0.2) is 4.39 Å². The quantitative estimate of drug-likeness (QED) is 0.492. The first-order valence-corrected chi connectivity index (χ1v) is 10.6. The number of ether oxygens (including phenoxy) is 1. The minimum atomic E-state index is -4.53. The van der Waals surface area contributed by atoms with Crippen LogP contribution in [-0.2, 0) is 17.4 Å². The van der Waals surface area contributed by atoms with Crippen molar-refractivity contribution in [1.29, 1.82) is 0 Å². The molecule has 0 radical (unpaired) electrons. The lowest BCUT2D eigenvalue weighted by atomic mass is 9.92. The second-order valence-electron chi connectivity index (χ2n) is 8.30. The molecule has 174 valence electrons. The summed E-state index contributed by atoms with van der Waals surface area (Å²) < 4.78 is 59.4. The van der Waals surface area contributed by atoms with Crippen molar-refractivity contribution < 1.29 is 32.2 Å². The van der Waals surface area contributed by atoms with E-state index in [4.69, 9.17) is 9.84 Å². The Morgan fingerprint density at radius 2 is 1.97 bits per heavy atom. The summed E-state index contributed by atoms with van der Waals surface area (Å²) in [7, 11) is 1.41. The van der Waals surface area contributed by atoms with Gasteiger partial charge >= 0.3 is 12.1 Å². The number of carbonyl (C=O) groups is 1. The molecule has 8 heteroatoms. The van der Waals surface area contributed by atoms with Gasteiger partial charge in [-0.1, -0.05) is 18.2 Å². The first-order valence-electron chi connectivity index (χ1n) is 10.6. The largest absolute Gasteiger partial charge is 0.494 e. The number of carboxylic acids is 1. The summed E-state index contributed by atoms with van der Waals surface area (Å²) >= 11 is 0. The highest BCUT2D eigenvalue weighted by atomic mass is 19.4. The van der Waals surface area contributed by atoms with Gasteiger partial charge in [0.2, 0.25) is 0 Å². The van der Waals surface area contributed by atoms with Crippen LogP contribution in [-0.4, -0.2) is 24.2 Å². The molecule has 0 spiro atoms. The van der Waals surface area contributed by atoms with E-state index in [1.54, 1.807) is 18.2 Å². The van der Waals surface area contributed by atoms with E-state index in [9.17, 15) is 22.4 Å². The average molecular weight is 453 g/mol. The van der Waals surface area contributed by atoms with Crippen LogP contribution in [0.2, 0.25) is 0 Å². The zero-order valence-corrected chi connectivity index (χ0v) is 18.0. The molecule has 2 aromatic carbocycles. The molecule has 0 amide bonds. The second-order valence-corrected chi connectivity index (χ2v) is 8.30. The van der Waals surface area contributed by atoms with Crippen LogP contribution in [0.3, 0.4) is 0 Å². The van der Waals surface area contributed by atoms with E-state index in [-0.39, 0.29) is 42.2 Å². The molecule has 1 aliphatic rings. The zero-order chi connectivity index (χ0) is 23.5. The summed E-state index contributed by atoms with van der Waals surface area (Å²) in [6, 6.07) is 9.01. The number of alkyl halides is 3. The fourth-order valence-electron chi connectivity index (χ4n) is 4.40. The van der Waals surface area contributed by atoms with Crippen molar-refractivity contribution in [1.82, 2.24) is 5.32 Å². The van der Waals surface area contributed by atoms with Gasteiger partial charge in [-0.2, -0.15) is 13.2 Å². The standard InChI is InChI=1S/C24H27F4NO3/c1-14(16-6-9-21(25)22(13-16)32-2)29-19-8-5-17(11-19)18-4-3-15(7-10-23(30)31)20(12-18)24(26,27)28/h3-4,6,9,12-14,17,19,29H,5,7-8,10-11H2,1-2H3,(H,30,31). The topological polar surface area (TPSA) is 58.6 Å². The minimum Gasteiger partial charge on any atom is -0.494 e. The number of rotatable bonds is 8. The summed E-state index contributed by atoms with van der Waals surface area (Å²) in [5.41, 5.74) is 0.750. The van der Waals surface area contributed by atoms with Crippen LogP contribution >= 0.6 is 0 Å². The van der Waals surface area contributed by atoms with Gasteiger partial charge in [-0.3, -0.25) is 4.79 Å². The lowest BCUT2D eigenvalue weighted by Crippen LogP contribution is -2.29. The molecular formula is C24H27F4NO3. The molecule has 0 bridgehead atoms. The molecule has 0 saturated heterocycles. The fraction of sp³-hybridized carbons (Fsp3) is 0.458. The Hall–Kier alpha value is -2.61. The Morgan fingerprint density at radius 1 is 1.22 bits per heavy atom. The first-order chi connectivity index (χ1) is 15.1. The van der Waals surface area contributed by atoms with E-state index in [0.717, 1.165) is 18.4 Å². The average Bonchev–Trinajstić information content (AvgIpc) is 3.20. The predicted molar refractivity (Wildman–Crippen MR) is 112 cm³/mol. The van der Waals surface area contributed by atoms with Gasteiger partial charge in [0.05, 0.1) is 12.7 Å². The van der Waals surface area contributed by atoms with Gasteiger partial charge in [0.1, 0.15) is 0 Å². The molecule has 1 fully saturated rings. The summed E-state index contributed by atoms with van der Waals surface area (Å²) in [4.78, 5) is 10.8. The number of aryl methyl sites for hydroxylation is 1. The highest BCUT2D eigenvalue weighted by Crippen LogP contribution is 2.40. The van der Waals surface area contributed by atoms with Crippen LogP contribution < -0.4 is 10.1 Å². The van der Waals surface area contributed by atoms with Crippen LogP contribution in [0.5, 0.6) is 5.75 Å². The number of benzene rings is 2. The molecule has 0 heterocycles. The molecule has 4 nitrogen and oxygen atoms in total. The van der Waals surface area contributed by atoms with Crippen molar-refractivity contribution in [3.05, 3.63) is 64.5 Å². The van der Waals surface area contributed by atoms with Gasteiger partial charge in [0, 0.05) is 18.5 Å². The molecule has 1 saturated carbocycles. The number of methoxy groups -OCH3 is 1. The van der Waals surface area contributed by atoms with E-state index in [1.807, 2.05) is 6.92 Å². The molecule has 32 heavy (non-hydrogen) atoms. The van der Waals surface area contributed by atoms with E-state index in [1.165, 1.54) is 25.3 Å². The van der Waals surface area contributed by atoms with E-state index in [0.29, 0.717) is 12.0 Å². The first kappa shape index (κ1) is 24.0. The number of halogens is 4. The summed E-state index contributed by atoms with van der Waals surface area (Å²) in [6.45, 7) is 1.96. The molecule has 2 N–H and O–H groups in total. The van der Waals surface area contributed by atoms with Crippen LogP contribution in [0.4, 0.5) is 17.6 Å². The van der Waals surface area contributed by atoms with Crippen LogP contribution in [0.25, 0.3) is 0 Å². The Kier molecular flexibility index (Phi) is 7.44. The van der Waals surface area contributed by atoms with Crippen LogP contribution in [0, 0.1) is 5.82 Å². The van der Waals surface area contributed by atoms with Gasteiger partial charge in [-0.15, -0.1) is 0 Å². The summed E-state index contributed by atoms with van der Waals surface area (Å²) in [5, 5.41) is 12.3. The molecular weight excluding hydrogens is 426 g/mol. The summed E-state index contributed by atoms with van der Waals surface area (Å²) in [5.74, 6) is -1.41. The number of carboxylic acid groups (broad SMARTS) is 1. The molecule has 2 aromatic rings. The Bertz CT molecular complexity index is 961. The second kappa shape index (κ2) is 9.90. The molecule has 3 atom stereocenters. The normalized spacial score (nSPS) is 19.7. The van der Waals surface area contributed by atoms with Crippen LogP contribution in [0.15, 0.2) is 36.4 Å². The maximum absolute atomic E-state index is 13.7. The van der Waals surface area contributed by atoms with E-state index >= 15 is 0 Å². The maximum atomic E-state index is 13.7. The SMILES string of the molecule is COc1cc(C(C)NC2CCC(c3ccc(CCC(=O)O)c(C(F)(F)F)c3)C2)ccc1F. The van der Waals surface area contributed by atoms with Crippen molar-refractivity contribution in [3.8, 4) is 5.75 Å². The molecule has 0 aromatic heterocycles. The minimum absolute atomic E-state index is 0.00945. The predicted octanol–water partition coefficient (Wildman–Crippen LogP) is 5.86. The number of nitrogens with one attached hydrogen (secondary N) is 1. The lowest BCUT2D eigenvalue weighted by Gasteiger charge is -2.21. The highest BCUT2D eigenvalue weighted by molar-refractivity contribution is 5.67. The number of hydrogen-bond donors (Lipinski definition) is 2. The third-order valence-corrected chi connectivity index (χ3v) is 6.11. The van der Waals surface area contributed by atoms with Crippen LogP contribution in [0.1, 0.15) is 66.8 Å². The Labute approximate surface area is 184 Å². The molecule has 3 unspecified atom stereocenters. The van der Waals surface area contributed by atoms with Gasteiger partial charge in [-0.05, 0) is 73.4 Å². The van der Waals surface area contributed by atoms with Crippen molar-refractivity contribution >= 4 is 5.97 Å². The van der Waals surface area contributed by atoms with E-state index in [2.05, 4.69) is 5.32 Å². The van der Waals surface area contributed by atoms with Crippen molar-refractivity contribution in [2.45, 2.75) is 63.2 Å². The third-order valence-electron chi connectivity index (χ3n) is 6.11. The van der Waals surface area contributed by atoms with Crippen molar-refractivity contribution in [2.75, 3.05) is 7.11 Å². The van der Waals surface area contributed by atoms with Crippen molar-refractivity contribution in [2.24, 2.45) is 0 Å². The number of hydrogen-bond acceptors (Lipinski definition) is 3. The monoisotopic (exact) mass is 453 g/mol. The number of aliphatic carboxylic acids is 1. The fourth-order valence-corrected chi connectivity index (χ4v) is 4.40. The highest BCUT2D eigenvalue weighted by Gasteiger charge is 2.35. The Balaban J connectivity index is 1.69. The van der Waals surface area contributed by atoms with Crippen molar-refractivity contribution in [3.63, 3.8) is 0 Å². The summed E-state index contributed by atoms with van der Waals surface area (Å²) in [6.07, 6.45) is -2.77. The zero-order valence-electron chi connectivity index (χ0n) is 18.0.